The molecule has 0 unspecified atom stereocenters. The van der Waals surface area contributed by atoms with Gasteiger partial charge in [0, 0.05) is 13.1 Å². The number of carbonyl (C=O) groups excluding carboxylic acids is 1. The first-order valence-corrected chi connectivity index (χ1v) is 4.74. The van der Waals surface area contributed by atoms with E-state index in [0.29, 0.717) is 19.5 Å². The molecular weight excluding hydrogens is 197 g/mol. The molecule has 3 nitrogen and oxygen atoms in total. The minimum Gasteiger partial charge on any atom is -0.469 e. The summed E-state index contributed by atoms with van der Waals surface area (Å²) in [7, 11) is 1.36. The van der Waals surface area contributed by atoms with E-state index in [1.165, 1.54) is 19.2 Å². The summed E-state index contributed by atoms with van der Waals surface area (Å²) in [6.07, 6.45) is 0.325. The minimum absolute atomic E-state index is 0.248. The van der Waals surface area contributed by atoms with Crippen LogP contribution in [-0.4, -0.2) is 19.6 Å². The Morgan fingerprint density at radius 2 is 2.33 bits per heavy atom. The number of ether oxygens (including phenoxy) is 1. The van der Waals surface area contributed by atoms with Gasteiger partial charge < -0.3 is 10.1 Å². The highest BCUT2D eigenvalue weighted by atomic mass is 19.1. The molecule has 1 N–H and O–H groups in total. The quantitative estimate of drug-likeness (QED) is 0.592. The van der Waals surface area contributed by atoms with Crippen molar-refractivity contribution < 1.29 is 13.9 Å². The molecule has 0 amide bonds. The zero-order chi connectivity index (χ0) is 11.1. The highest BCUT2D eigenvalue weighted by molar-refractivity contribution is 5.69. The molecule has 0 aliphatic carbocycles. The van der Waals surface area contributed by atoms with Crippen molar-refractivity contribution in [1.82, 2.24) is 5.32 Å². The number of rotatable bonds is 5. The molecule has 0 atom stereocenters. The summed E-state index contributed by atoms with van der Waals surface area (Å²) in [4.78, 5) is 10.8. The molecule has 0 aromatic heterocycles. The van der Waals surface area contributed by atoms with Gasteiger partial charge >= 0.3 is 5.97 Å². The van der Waals surface area contributed by atoms with Crippen molar-refractivity contribution in [3.8, 4) is 0 Å². The summed E-state index contributed by atoms with van der Waals surface area (Å²) in [5, 5.41) is 3.03. The molecule has 1 rings (SSSR count). The van der Waals surface area contributed by atoms with Crippen LogP contribution in [0.1, 0.15) is 12.0 Å². The standard InChI is InChI=1S/C11H14FNO2/c1-15-11(14)5-6-13-8-9-3-2-4-10(12)7-9/h2-4,7,13H,5-6,8H2,1H3. The highest BCUT2D eigenvalue weighted by Crippen LogP contribution is 2.02. The molecule has 4 heteroatoms. The third-order valence-corrected chi connectivity index (χ3v) is 1.95. The number of benzene rings is 1. The van der Waals surface area contributed by atoms with Gasteiger partial charge in [-0.15, -0.1) is 0 Å². The molecule has 0 heterocycles. The van der Waals surface area contributed by atoms with Gasteiger partial charge in [0.25, 0.3) is 0 Å². The maximum absolute atomic E-state index is 12.8. The van der Waals surface area contributed by atoms with Crippen LogP contribution in [0, 0.1) is 5.82 Å². The lowest BCUT2D eigenvalue weighted by Gasteiger charge is -2.03. The molecule has 0 aliphatic rings. The van der Waals surface area contributed by atoms with Crippen LogP contribution in [0.4, 0.5) is 4.39 Å². The van der Waals surface area contributed by atoms with Crippen molar-refractivity contribution in [1.29, 1.82) is 0 Å². The fraction of sp³-hybridized carbons (Fsp3) is 0.364. The molecule has 0 bridgehead atoms. The van der Waals surface area contributed by atoms with Crippen LogP contribution in [-0.2, 0) is 16.1 Å². The summed E-state index contributed by atoms with van der Waals surface area (Å²) in [6.45, 7) is 1.08. The smallest absolute Gasteiger partial charge is 0.306 e. The molecule has 15 heavy (non-hydrogen) atoms. The van der Waals surface area contributed by atoms with Gasteiger partial charge in [0.2, 0.25) is 0 Å². The Hall–Kier alpha value is -1.42. The molecule has 0 fully saturated rings. The number of halogens is 1. The van der Waals surface area contributed by atoms with Gasteiger partial charge in [0.15, 0.2) is 0 Å². The average Bonchev–Trinajstić information content (AvgIpc) is 2.24. The van der Waals surface area contributed by atoms with Crippen LogP contribution < -0.4 is 5.32 Å². The van der Waals surface area contributed by atoms with Crippen LogP contribution in [0.2, 0.25) is 0 Å². The third kappa shape index (κ3) is 4.56. The van der Waals surface area contributed by atoms with Gasteiger partial charge in [-0.3, -0.25) is 4.79 Å². The van der Waals surface area contributed by atoms with Gasteiger partial charge in [0.1, 0.15) is 5.82 Å². The molecular formula is C11H14FNO2. The number of carbonyl (C=O) groups is 1. The highest BCUT2D eigenvalue weighted by Gasteiger charge is 1.99. The zero-order valence-electron chi connectivity index (χ0n) is 8.63. The van der Waals surface area contributed by atoms with E-state index >= 15 is 0 Å². The maximum atomic E-state index is 12.8. The third-order valence-electron chi connectivity index (χ3n) is 1.95. The van der Waals surface area contributed by atoms with Gasteiger partial charge in [0.05, 0.1) is 13.5 Å². The average molecular weight is 211 g/mol. The Labute approximate surface area is 88.2 Å². The monoisotopic (exact) mass is 211 g/mol. The second-order valence-electron chi connectivity index (χ2n) is 3.13. The fourth-order valence-corrected chi connectivity index (χ4v) is 1.17. The Morgan fingerprint density at radius 3 is 3.00 bits per heavy atom. The number of nitrogens with one attached hydrogen (secondary N) is 1. The SMILES string of the molecule is COC(=O)CCNCc1cccc(F)c1. The first-order chi connectivity index (χ1) is 7.22. The second-order valence-corrected chi connectivity index (χ2v) is 3.13. The molecule has 82 valence electrons. The second kappa shape index (κ2) is 6.14. The van der Waals surface area contributed by atoms with Gasteiger partial charge in [-0.2, -0.15) is 0 Å². The van der Waals surface area contributed by atoms with Crippen LogP contribution in [0.25, 0.3) is 0 Å². The Kier molecular flexibility index (Phi) is 4.77. The lowest BCUT2D eigenvalue weighted by molar-refractivity contribution is -0.140. The summed E-state index contributed by atoms with van der Waals surface area (Å²) < 4.78 is 17.2. The first kappa shape index (κ1) is 11.7. The van der Waals surface area contributed by atoms with Crippen LogP contribution in [0.15, 0.2) is 24.3 Å². The lowest BCUT2D eigenvalue weighted by Crippen LogP contribution is -2.18. The summed E-state index contributed by atoms with van der Waals surface area (Å²) in [6, 6.07) is 6.35. The zero-order valence-corrected chi connectivity index (χ0v) is 8.63. The summed E-state index contributed by atoms with van der Waals surface area (Å²) in [5.74, 6) is -0.496. The first-order valence-electron chi connectivity index (χ1n) is 4.74. The van der Waals surface area contributed by atoms with E-state index in [0.717, 1.165) is 5.56 Å². The van der Waals surface area contributed by atoms with Crippen molar-refractivity contribution in [2.75, 3.05) is 13.7 Å². The minimum atomic E-state index is -0.248. The van der Waals surface area contributed by atoms with E-state index in [1.54, 1.807) is 6.07 Å². The van der Waals surface area contributed by atoms with Crippen LogP contribution >= 0.6 is 0 Å². The van der Waals surface area contributed by atoms with Crippen molar-refractivity contribution >= 4 is 5.97 Å². The van der Waals surface area contributed by atoms with E-state index in [9.17, 15) is 9.18 Å². The van der Waals surface area contributed by atoms with E-state index < -0.39 is 0 Å². The molecule has 1 aromatic carbocycles. The number of hydrogen-bond acceptors (Lipinski definition) is 3. The van der Waals surface area contributed by atoms with Gasteiger partial charge in [-0.1, -0.05) is 12.1 Å². The van der Waals surface area contributed by atoms with Crippen molar-refractivity contribution in [3.63, 3.8) is 0 Å². The van der Waals surface area contributed by atoms with Gasteiger partial charge in [-0.05, 0) is 17.7 Å². The Bertz CT molecular complexity index is 328. The van der Waals surface area contributed by atoms with E-state index in [1.807, 2.05) is 6.07 Å². The molecule has 0 spiro atoms. The summed E-state index contributed by atoms with van der Waals surface area (Å²) >= 11 is 0. The molecule has 0 radical (unpaired) electrons. The molecule has 1 aromatic rings. The predicted octanol–water partition coefficient (Wildman–Crippen LogP) is 1.48. The van der Waals surface area contributed by atoms with Crippen molar-refractivity contribution in [2.45, 2.75) is 13.0 Å². The topological polar surface area (TPSA) is 38.3 Å². The molecule has 0 saturated carbocycles. The Balaban J connectivity index is 2.23. The van der Waals surface area contributed by atoms with E-state index in [2.05, 4.69) is 10.1 Å². The molecule has 0 aliphatic heterocycles. The summed E-state index contributed by atoms with van der Waals surface area (Å²) in [5.41, 5.74) is 0.861. The molecule has 0 saturated heterocycles. The maximum Gasteiger partial charge on any atom is 0.306 e. The lowest BCUT2D eigenvalue weighted by atomic mass is 10.2. The largest absolute Gasteiger partial charge is 0.469 e. The normalized spacial score (nSPS) is 10.0. The van der Waals surface area contributed by atoms with Crippen molar-refractivity contribution in [2.24, 2.45) is 0 Å². The van der Waals surface area contributed by atoms with Crippen LogP contribution in [0.3, 0.4) is 0 Å². The van der Waals surface area contributed by atoms with Crippen molar-refractivity contribution in [3.05, 3.63) is 35.6 Å². The van der Waals surface area contributed by atoms with Crippen LogP contribution in [0.5, 0.6) is 0 Å². The van der Waals surface area contributed by atoms with E-state index in [-0.39, 0.29) is 11.8 Å². The number of methoxy groups -OCH3 is 1. The number of esters is 1. The van der Waals surface area contributed by atoms with Gasteiger partial charge in [-0.25, -0.2) is 4.39 Å². The predicted molar refractivity (Wildman–Crippen MR) is 54.7 cm³/mol. The van der Waals surface area contributed by atoms with E-state index in [4.69, 9.17) is 0 Å². The fourth-order valence-electron chi connectivity index (χ4n) is 1.17. The number of hydrogen-bond donors (Lipinski definition) is 1. The Morgan fingerprint density at radius 1 is 1.53 bits per heavy atom.